The average Bonchev–Trinajstić information content (AvgIpc) is 2.00. The molecule has 0 aliphatic heterocycles. The maximum atomic E-state index is 9.76. The molecule has 0 aromatic heterocycles. The predicted octanol–water partition coefficient (Wildman–Crippen LogP) is -2.74. The van der Waals surface area contributed by atoms with Gasteiger partial charge in [0.2, 0.25) is 0 Å². The Morgan fingerprint density at radius 3 is 2.10 bits per heavy atom. The number of rotatable bonds is 4. The largest absolute Gasteiger partial charge is 0.394 e. The maximum absolute atomic E-state index is 9.76. The molecule has 4 N–H and O–H groups in total. The van der Waals surface area contributed by atoms with Gasteiger partial charge in [0.05, 0.1) is 6.61 Å². The van der Waals surface area contributed by atoms with Crippen molar-refractivity contribution in [2.75, 3.05) is 6.61 Å². The first-order valence-corrected chi connectivity index (χ1v) is 2.73. The molecule has 10 heavy (non-hydrogen) atoms. The fourth-order valence-corrected chi connectivity index (χ4v) is 0.416. The normalized spacial score (nSPS) is 19.6. The molecule has 5 heteroatoms. The zero-order valence-electron chi connectivity index (χ0n) is 5.21. The summed E-state index contributed by atoms with van der Waals surface area (Å²) in [4.78, 5) is 9.76. The van der Waals surface area contributed by atoms with E-state index in [0.29, 0.717) is 0 Å². The Kier molecular flexibility index (Phi) is 4.13. The summed E-state index contributed by atoms with van der Waals surface area (Å²) in [7, 11) is 0. The minimum atomic E-state index is -1.64. The van der Waals surface area contributed by atoms with Gasteiger partial charge in [-0.1, -0.05) is 0 Å². The molecule has 0 bridgehead atoms. The van der Waals surface area contributed by atoms with Gasteiger partial charge < -0.3 is 25.2 Å². The molecule has 0 rings (SSSR count). The molecule has 60 valence electrons. The SMILES string of the molecule is O=C[13C@@H](O)[C@@H](O)[C@H](O)CO. The molecular formula is C5H10O5. The van der Waals surface area contributed by atoms with Crippen molar-refractivity contribution in [2.45, 2.75) is 18.3 Å². The van der Waals surface area contributed by atoms with Crippen LogP contribution in [-0.4, -0.2) is 51.6 Å². The standard InChI is InChI=1S/C5H10O5/c6-1-3(8)5(10)4(9)2-7/h1,3-5,7-10H,2H2/t3-,4-,5-/m1/s1/i3+1. The number of aliphatic hydroxyl groups is 4. The van der Waals surface area contributed by atoms with E-state index in [0.717, 1.165) is 0 Å². The number of carbonyl (C=O) groups excluding carboxylic acids is 1. The number of aliphatic hydroxyl groups excluding tert-OH is 4. The Morgan fingerprint density at radius 2 is 1.80 bits per heavy atom. The zero-order valence-corrected chi connectivity index (χ0v) is 5.21. The quantitative estimate of drug-likeness (QED) is 0.258. The highest BCUT2D eigenvalue weighted by Crippen LogP contribution is 1.96. The lowest BCUT2D eigenvalue weighted by molar-refractivity contribution is -0.127. The van der Waals surface area contributed by atoms with Gasteiger partial charge in [-0.05, 0) is 0 Å². The lowest BCUT2D eigenvalue weighted by atomic mass is 10.3. The Balaban J connectivity index is 3.80. The lowest BCUT2D eigenvalue weighted by Crippen LogP contribution is -2.40. The fourth-order valence-electron chi connectivity index (χ4n) is 0.416. The van der Waals surface area contributed by atoms with Crippen LogP contribution in [0.1, 0.15) is 0 Å². The third-order valence-electron chi connectivity index (χ3n) is 1.07. The summed E-state index contributed by atoms with van der Waals surface area (Å²) in [5, 5.41) is 34.1. The number of carbonyl (C=O) groups is 1. The second-order valence-electron chi connectivity index (χ2n) is 1.87. The van der Waals surface area contributed by atoms with Gasteiger partial charge in [0.1, 0.15) is 18.3 Å². The van der Waals surface area contributed by atoms with Crippen LogP contribution in [0.4, 0.5) is 0 Å². The molecule has 0 aliphatic carbocycles. The Bertz CT molecular complexity index is 104. The van der Waals surface area contributed by atoms with Crippen molar-refractivity contribution in [1.82, 2.24) is 0 Å². The van der Waals surface area contributed by atoms with Crippen LogP contribution in [0, 0.1) is 0 Å². The predicted molar refractivity (Wildman–Crippen MR) is 31.2 cm³/mol. The second kappa shape index (κ2) is 4.35. The van der Waals surface area contributed by atoms with Crippen molar-refractivity contribution in [2.24, 2.45) is 0 Å². The Labute approximate surface area is 57.5 Å². The molecule has 0 spiro atoms. The number of hydrogen-bond donors (Lipinski definition) is 4. The number of hydrogen-bond acceptors (Lipinski definition) is 5. The smallest absolute Gasteiger partial charge is 0.151 e. The summed E-state index contributed by atoms with van der Waals surface area (Å²) >= 11 is 0. The third kappa shape index (κ3) is 2.40. The van der Waals surface area contributed by atoms with E-state index >= 15 is 0 Å². The average molecular weight is 151 g/mol. The van der Waals surface area contributed by atoms with Gasteiger partial charge in [-0.15, -0.1) is 0 Å². The van der Waals surface area contributed by atoms with Crippen LogP contribution in [-0.2, 0) is 4.79 Å². The topological polar surface area (TPSA) is 98.0 Å². The van der Waals surface area contributed by atoms with Gasteiger partial charge in [-0.2, -0.15) is 0 Å². The summed E-state index contributed by atoms with van der Waals surface area (Å²) in [6.07, 6.45) is -4.63. The maximum Gasteiger partial charge on any atom is 0.151 e. The summed E-state index contributed by atoms with van der Waals surface area (Å²) in [6.45, 7) is -0.688. The van der Waals surface area contributed by atoms with E-state index < -0.39 is 24.9 Å². The van der Waals surface area contributed by atoms with E-state index in [1.807, 2.05) is 0 Å². The first kappa shape index (κ1) is 9.51. The molecule has 3 atom stereocenters. The van der Waals surface area contributed by atoms with Crippen molar-refractivity contribution in [1.29, 1.82) is 0 Å². The first-order chi connectivity index (χ1) is 4.63. The third-order valence-corrected chi connectivity index (χ3v) is 1.07. The van der Waals surface area contributed by atoms with Crippen LogP contribution in [0.2, 0.25) is 0 Å². The Hall–Kier alpha value is -0.490. The van der Waals surface area contributed by atoms with E-state index in [-0.39, 0.29) is 6.29 Å². The Morgan fingerprint density at radius 1 is 1.30 bits per heavy atom. The fraction of sp³-hybridized carbons (Fsp3) is 0.800. The van der Waals surface area contributed by atoms with Crippen LogP contribution in [0.5, 0.6) is 0 Å². The number of aldehydes is 1. The highest BCUT2D eigenvalue weighted by Gasteiger charge is 2.22. The van der Waals surface area contributed by atoms with Crippen molar-refractivity contribution in [3.63, 3.8) is 0 Å². The van der Waals surface area contributed by atoms with Crippen LogP contribution in [0.15, 0.2) is 0 Å². The van der Waals surface area contributed by atoms with Gasteiger partial charge in [-0.3, -0.25) is 0 Å². The van der Waals surface area contributed by atoms with E-state index in [9.17, 15) is 4.79 Å². The van der Waals surface area contributed by atoms with Crippen LogP contribution >= 0.6 is 0 Å². The van der Waals surface area contributed by atoms with Gasteiger partial charge >= 0.3 is 0 Å². The van der Waals surface area contributed by atoms with E-state index in [1.54, 1.807) is 0 Å². The zero-order chi connectivity index (χ0) is 8.15. The molecule has 0 amide bonds. The highest BCUT2D eigenvalue weighted by molar-refractivity contribution is 5.56. The second-order valence-corrected chi connectivity index (χ2v) is 1.87. The highest BCUT2D eigenvalue weighted by atomic mass is 16.4. The summed E-state index contributed by atoms with van der Waals surface area (Å²) in [5.41, 5.74) is 0. The molecular weight excluding hydrogens is 141 g/mol. The van der Waals surface area contributed by atoms with Crippen LogP contribution < -0.4 is 0 Å². The molecule has 0 aromatic carbocycles. The van der Waals surface area contributed by atoms with E-state index in [1.165, 1.54) is 0 Å². The van der Waals surface area contributed by atoms with Crippen molar-refractivity contribution >= 4 is 6.29 Å². The van der Waals surface area contributed by atoms with Gasteiger partial charge in [-0.25, -0.2) is 0 Å². The molecule has 0 aromatic rings. The summed E-state index contributed by atoms with van der Waals surface area (Å²) in [6, 6.07) is 0. The minimum absolute atomic E-state index is 0.0869. The van der Waals surface area contributed by atoms with Crippen LogP contribution in [0.3, 0.4) is 0 Å². The molecule has 0 heterocycles. The molecule has 0 saturated carbocycles. The molecule has 5 nitrogen and oxygen atoms in total. The molecule has 0 fully saturated rings. The minimum Gasteiger partial charge on any atom is -0.394 e. The van der Waals surface area contributed by atoms with Crippen molar-refractivity contribution in [3.8, 4) is 0 Å². The van der Waals surface area contributed by atoms with Crippen LogP contribution in [0.25, 0.3) is 0 Å². The molecule has 0 unspecified atom stereocenters. The lowest BCUT2D eigenvalue weighted by Gasteiger charge is -2.16. The van der Waals surface area contributed by atoms with E-state index in [2.05, 4.69) is 0 Å². The first-order valence-electron chi connectivity index (χ1n) is 2.73. The van der Waals surface area contributed by atoms with Gasteiger partial charge in [0.15, 0.2) is 6.29 Å². The summed E-state index contributed by atoms with van der Waals surface area (Å²) < 4.78 is 0. The molecule has 0 saturated heterocycles. The monoisotopic (exact) mass is 151 g/mol. The van der Waals surface area contributed by atoms with E-state index in [4.69, 9.17) is 20.4 Å². The summed E-state index contributed by atoms with van der Waals surface area (Å²) in [5.74, 6) is 0. The van der Waals surface area contributed by atoms with Crippen molar-refractivity contribution < 1.29 is 25.2 Å². The van der Waals surface area contributed by atoms with Gasteiger partial charge in [0, 0.05) is 0 Å². The molecule has 0 radical (unpaired) electrons. The van der Waals surface area contributed by atoms with Crippen molar-refractivity contribution in [3.05, 3.63) is 0 Å². The molecule has 0 aliphatic rings. The van der Waals surface area contributed by atoms with Gasteiger partial charge in [0.25, 0.3) is 0 Å².